The Balaban J connectivity index is 2.35. The molecule has 88 valence electrons. The summed E-state index contributed by atoms with van der Waals surface area (Å²) in [6, 6.07) is 13.5. The van der Waals surface area contributed by atoms with Crippen molar-refractivity contribution in [1.82, 2.24) is 4.98 Å². The number of hydrogen-bond donors (Lipinski definition) is 1. The highest BCUT2D eigenvalue weighted by atomic mass is 19.1. The monoisotopic (exact) mass is 239 g/mol. The molecule has 3 aromatic rings. The predicted molar refractivity (Wildman–Crippen MR) is 70.0 cm³/mol. The topological polar surface area (TPSA) is 32.9 Å². The van der Waals surface area contributed by atoms with E-state index in [1.165, 1.54) is 6.07 Å². The molecule has 3 rings (SSSR count). The van der Waals surface area contributed by atoms with E-state index in [0.717, 1.165) is 5.52 Å². The van der Waals surface area contributed by atoms with Crippen LogP contribution in [-0.4, -0.2) is 4.98 Å². The number of hydrogen-bond acceptors (Lipinski definition) is 1. The lowest BCUT2D eigenvalue weighted by Gasteiger charge is -2.04. The summed E-state index contributed by atoms with van der Waals surface area (Å²) < 4.78 is 13.7. The van der Waals surface area contributed by atoms with Gasteiger partial charge >= 0.3 is 0 Å². The van der Waals surface area contributed by atoms with E-state index in [1.807, 2.05) is 12.1 Å². The van der Waals surface area contributed by atoms with Crippen LogP contribution in [0.5, 0.6) is 0 Å². The number of H-pyrrole nitrogens is 1. The standard InChI is InChI=1S/C15H10FNO/c16-13-7-3-1-5-10(13)12-9-17-14-8-4-2-6-11(14)15(12)18/h1-9H,(H,17,18). The lowest BCUT2D eigenvalue weighted by molar-refractivity contribution is 0.631. The van der Waals surface area contributed by atoms with E-state index in [1.54, 1.807) is 36.5 Å². The first-order valence-electron chi connectivity index (χ1n) is 5.63. The zero-order chi connectivity index (χ0) is 12.5. The second-order valence-electron chi connectivity index (χ2n) is 4.06. The molecule has 1 aromatic heterocycles. The molecule has 0 aliphatic heterocycles. The van der Waals surface area contributed by atoms with Gasteiger partial charge in [0.25, 0.3) is 0 Å². The summed E-state index contributed by atoms with van der Waals surface area (Å²) in [5, 5.41) is 0.568. The normalized spacial score (nSPS) is 10.7. The fraction of sp³-hybridized carbons (Fsp3) is 0. The van der Waals surface area contributed by atoms with E-state index < -0.39 is 5.82 Å². The van der Waals surface area contributed by atoms with Gasteiger partial charge < -0.3 is 4.98 Å². The Morgan fingerprint density at radius 2 is 1.61 bits per heavy atom. The van der Waals surface area contributed by atoms with Crippen LogP contribution in [0.2, 0.25) is 0 Å². The van der Waals surface area contributed by atoms with E-state index in [4.69, 9.17) is 0 Å². The molecule has 0 aliphatic rings. The summed E-state index contributed by atoms with van der Waals surface area (Å²) >= 11 is 0. The van der Waals surface area contributed by atoms with E-state index in [2.05, 4.69) is 4.98 Å². The van der Waals surface area contributed by atoms with E-state index in [-0.39, 0.29) is 5.43 Å². The van der Waals surface area contributed by atoms with Crippen LogP contribution in [0.3, 0.4) is 0 Å². The Hall–Kier alpha value is -2.42. The SMILES string of the molecule is O=c1c(-c2ccccc2F)c[nH]c2ccccc12. The Kier molecular flexibility index (Phi) is 2.45. The number of para-hydroxylation sites is 1. The van der Waals surface area contributed by atoms with Crippen molar-refractivity contribution in [3.8, 4) is 11.1 Å². The average Bonchev–Trinajstić information content (AvgIpc) is 2.41. The smallest absolute Gasteiger partial charge is 0.197 e. The van der Waals surface area contributed by atoms with E-state index in [0.29, 0.717) is 16.5 Å². The first-order chi connectivity index (χ1) is 8.77. The Morgan fingerprint density at radius 3 is 2.44 bits per heavy atom. The molecular formula is C15H10FNO. The molecule has 0 bridgehead atoms. The second-order valence-corrected chi connectivity index (χ2v) is 4.06. The maximum Gasteiger partial charge on any atom is 0.197 e. The van der Waals surface area contributed by atoms with Crippen LogP contribution in [0.25, 0.3) is 22.0 Å². The minimum absolute atomic E-state index is 0.158. The van der Waals surface area contributed by atoms with Gasteiger partial charge in [-0.3, -0.25) is 4.79 Å². The largest absolute Gasteiger partial charge is 0.360 e. The van der Waals surface area contributed by atoms with Crippen molar-refractivity contribution in [2.75, 3.05) is 0 Å². The first-order valence-corrected chi connectivity index (χ1v) is 5.63. The van der Waals surface area contributed by atoms with Crippen molar-refractivity contribution in [3.63, 3.8) is 0 Å². The summed E-state index contributed by atoms with van der Waals surface area (Å²) in [6.45, 7) is 0. The number of rotatable bonds is 1. The highest BCUT2D eigenvalue weighted by molar-refractivity contribution is 5.83. The molecule has 0 aliphatic carbocycles. The Labute approximate surface area is 103 Å². The third-order valence-electron chi connectivity index (χ3n) is 2.95. The van der Waals surface area contributed by atoms with Gasteiger partial charge in [0.1, 0.15) is 5.82 Å². The van der Waals surface area contributed by atoms with E-state index in [9.17, 15) is 9.18 Å². The summed E-state index contributed by atoms with van der Waals surface area (Å²) in [5.74, 6) is -0.390. The van der Waals surface area contributed by atoms with Crippen LogP contribution in [0, 0.1) is 5.82 Å². The van der Waals surface area contributed by atoms with Gasteiger partial charge in [-0.25, -0.2) is 4.39 Å². The molecule has 0 amide bonds. The quantitative estimate of drug-likeness (QED) is 0.694. The number of halogens is 1. The number of pyridine rings is 1. The number of fused-ring (bicyclic) bond motifs is 1. The summed E-state index contributed by atoms with van der Waals surface area (Å²) in [5.41, 5.74) is 1.27. The van der Waals surface area contributed by atoms with E-state index >= 15 is 0 Å². The average molecular weight is 239 g/mol. The van der Waals surface area contributed by atoms with Crippen LogP contribution in [0.4, 0.5) is 4.39 Å². The Morgan fingerprint density at radius 1 is 0.889 bits per heavy atom. The summed E-state index contributed by atoms with van der Waals surface area (Å²) in [6.07, 6.45) is 1.56. The second kappa shape index (κ2) is 4.11. The zero-order valence-electron chi connectivity index (χ0n) is 9.48. The number of benzene rings is 2. The van der Waals surface area contributed by atoms with Crippen molar-refractivity contribution in [3.05, 3.63) is 70.8 Å². The molecule has 1 N–H and O–H groups in total. The van der Waals surface area contributed by atoms with Crippen LogP contribution < -0.4 is 5.43 Å². The highest BCUT2D eigenvalue weighted by Crippen LogP contribution is 2.20. The molecule has 2 aromatic carbocycles. The first kappa shape index (κ1) is 10.7. The van der Waals surface area contributed by atoms with Crippen molar-refractivity contribution in [2.24, 2.45) is 0 Å². The molecule has 0 unspecified atom stereocenters. The molecule has 0 atom stereocenters. The molecule has 0 saturated heterocycles. The molecule has 0 radical (unpaired) electrons. The van der Waals surface area contributed by atoms with Gasteiger partial charge in [0.05, 0.1) is 0 Å². The van der Waals surface area contributed by atoms with Crippen molar-refractivity contribution < 1.29 is 4.39 Å². The van der Waals surface area contributed by atoms with Crippen molar-refractivity contribution in [1.29, 1.82) is 0 Å². The number of aromatic amines is 1. The summed E-state index contributed by atoms with van der Waals surface area (Å²) in [4.78, 5) is 15.3. The molecule has 3 heteroatoms. The zero-order valence-corrected chi connectivity index (χ0v) is 9.48. The minimum atomic E-state index is -0.390. The number of nitrogens with one attached hydrogen (secondary N) is 1. The van der Waals surface area contributed by atoms with Gasteiger partial charge in [-0.05, 0) is 18.2 Å². The third-order valence-corrected chi connectivity index (χ3v) is 2.95. The fourth-order valence-corrected chi connectivity index (χ4v) is 2.05. The van der Waals surface area contributed by atoms with Gasteiger partial charge in [-0.15, -0.1) is 0 Å². The highest BCUT2D eigenvalue weighted by Gasteiger charge is 2.10. The van der Waals surface area contributed by atoms with Gasteiger partial charge in [-0.2, -0.15) is 0 Å². The molecule has 2 nitrogen and oxygen atoms in total. The number of aromatic nitrogens is 1. The van der Waals surface area contributed by atoms with Gasteiger partial charge in [0, 0.05) is 28.2 Å². The van der Waals surface area contributed by atoms with Gasteiger partial charge in [0.2, 0.25) is 0 Å². The molecular weight excluding hydrogens is 229 g/mol. The van der Waals surface area contributed by atoms with Gasteiger partial charge in [-0.1, -0.05) is 30.3 Å². The van der Waals surface area contributed by atoms with Crippen molar-refractivity contribution >= 4 is 10.9 Å². The molecule has 0 spiro atoms. The maximum atomic E-state index is 13.7. The van der Waals surface area contributed by atoms with Crippen molar-refractivity contribution in [2.45, 2.75) is 0 Å². The molecule has 18 heavy (non-hydrogen) atoms. The molecule has 1 heterocycles. The lowest BCUT2D eigenvalue weighted by Crippen LogP contribution is -2.07. The van der Waals surface area contributed by atoms with Crippen LogP contribution in [-0.2, 0) is 0 Å². The van der Waals surface area contributed by atoms with Gasteiger partial charge in [0.15, 0.2) is 5.43 Å². The van der Waals surface area contributed by atoms with Crippen LogP contribution >= 0.6 is 0 Å². The fourth-order valence-electron chi connectivity index (χ4n) is 2.05. The molecule has 0 fully saturated rings. The lowest BCUT2D eigenvalue weighted by atomic mass is 10.0. The Bertz CT molecular complexity index is 777. The predicted octanol–water partition coefficient (Wildman–Crippen LogP) is 3.33. The third kappa shape index (κ3) is 1.61. The summed E-state index contributed by atoms with van der Waals surface area (Å²) in [7, 11) is 0. The maximum absolute atomic E-state index is 13.7. The minimum Gasteiger partial charge on any atom is -0.360 e. The van der Waals surface area contributed by atoms with Crippen LogP contribution in [0.15, 0.2) is 59.5 Å². The molecule has 0 saturated carbocycles. The van der Waals surface area contributed by atoms with Crippen LogP contribution in [0.1, 0.15) is 0 Å².